The summed E-state index contributed by atoms with van der Waals surface area (Å²) in [4.78, 5) is 0. The number of rotatable bonds is 8. The van der Waals surface area contributed by atoms with E-state index >= 15 is 0 Å². The first-order valence-corrected chi connectivity index (χ1v) is 14.8. The van der Waals surface area contributed by atoms with E-state index in [1.807, 2.05) is 6.08 Å². The topological polar surface area (TPSA) is 18.5 Å². The van der Waals surface area contributed by atoms with Crippen molar-refractivity contribution < 1.29 is 8.85 Å². The lowest BCUT2D eigenvalue weighted by atomic mass is 10.1. The molecule has 0 amide bonds. The Hall–Kier alpha value is -0.346. The van der Waals surface area contributed by atoms with Crippen LogP contribution in [0.15, 0.2) is 12.7 Å². The maximum absolute atomic E-state index is 6.56. The fraction of sp³-hybridized carbons (Fsp3) is 0.800. The van der Waals surface area contributed by atoms with E-state index in [9.17, 15) is 0 Å². The van der Waals surface area contributed by atoms with Gasteiger partial charge in [-0.3, -0.25) is 0 Å². The lowest BCUT2D eigenvalue weighted by Crippen LogP contribution is -2.47. The molecule has 0 fully saturated rings. The smallest absolute Gasteiger partial charge is 0.192 e. The predicted octanol–water partition coefficient (Wildman–Crippen LogP) is 6.37. The maximum Gasteiger partial charge on any atom is 0.192 e. The summed E-state index contributed by atoms with van der Waals surface area (Å²) in [5.41, 5.74) is 0. The molecule has 4 heteroatoms. The molecule has 140 valence electrons. The SMILES string of the molecule is C#CCC(C[C@@H](C=C)O[Si](C)(C)C(C)(C)C)O[Si](C)(C)C(C)(C)C. The third-order valence-corrected chi connectivity index (χ3v) is 14.7. The van der Waals surface area contributed by atoms with Crippen LogP contribution in [0, 0.1) is 12.3 Å². The zero-order valence-electron chi connectivity index (χ0n) is 17.7. The highest BCUT2D eigenvalue weighted by Crippen LogP contribution is 2.40. The van der Waals surface area contributed by atoms with Gasteiger partial charge in [0.2, 0.25) is 0 Å². The van der Waals surface area contributed by atoms with Crippen LogP contribution in [0.1, 0.15) is 54.4 Å². The van der Waals surface area contributed by atoms with Crippen LogP contribution < -0.4 is 0 Å². The molecule has 0 aromatic heterocycles. The van der Waals surface area contributed by atoms with Crippen LogP contribution in [0.2, 0.25) is 36.3 Å². The van der Waals surface area contributed by atoms with Gasteiger partial charge in [0.15, 0.2) is 16.6 Å². The molecule has 0 spiro atoms. The van der Waals surface area contributed by atoms with Gasteiger partial charge in [-0.25, -0.2) is 0 Å². The molecule has 0 heterocycles. The van der Waals surface area contributed by atoms with Crippen molar-refractivity contribution in [1.82, 2.24) is 0 Å². The summed E-state index contributed by atoms with van der Waals surface area (Å²) in [6.45, 7) is 26.6. The molecule has 0 aromatic carbocycles. The molecule has 0 aliphatic heterocycles. The summed E-state index contributed by atoms with van der Waals surface area (Å²) in [5, 5.41) is 0.347. The zero-order chi connectivity index (χ0) is 19.4. The number of hydrogen-bond donors (Lipinski definition) is 0. The van der Waals surface area contributed by atoms with Crippen molar-refractivity contribution >= 4 is 16.6 Å². The van der Waals surface area contributed by atoms with Gasteiger partial charge in [-0.05, 0) is 36.3 Å². The van der Waals surface area contributed by atoms with Gasteiger partial charge in [-0.15, -0.1) is 18.9 Å². The molecule has 24 heavy (non-hydrogen) atoms. The van der Waals surface area contributed by atoms with Crippen LogP contribution in [0.4, 0.5) is 0 Å². The van der Waals surface area contributed by atoms with Crippen LogP contribution in [0.5, 0.6) is 0 Å². The normalized spacial score (nSPS) is 16.4. The third-order valence-electron chi connectivity index (χ3n) is 5.62. The van der Waals surface area contributed by atoms with Gasteiger partial charge < -0.3 is 8.85 Å². The summed E-state index contributed by atoms with van der Waals surface area (Å²) >= 11 is 0. The van der Waals surface area contributed by atoms with Gasteiger partial charge in [0, 0.05) is 12.8 Å². The lowest BCUT2D eigenvalue weighted by molar-refractivity contribution is 0.117. The lowest BCUT2D eigenvalue weighted by Gasteiger charge is -2.41. The van der Waals surface area contributed by atoms with Crippen LogP contribution in [0.25, 0.3) is 0 Å². The van der Waals surface area contributed by atoms with E-state index in [2.05, 4.69) is 80.2 Å². The Labute approximate surface area is 153 Å². The maximum atomic E-state index is 6.56. The second-order valence-electron chi connectivity index (χ2n) is 9.80. The second-order valence-corrected chi connectivity index (χ2v) is 19.3. The van der Waals surface area contributed by atoms with Crippen molar-refractivity contribution in [1.29, 1.82) is 0 Å². The van der Waals surface area contributed by atoms with Crippen molar-refractivity contribution in [2.45, 2.75) is 103 Å². The average molecular weight is 369 g/mol. The first-order valence-electron chi connectivity index (χ1n) is 8.99. The predicted molar refractivity (Wildman–Crippen MR) is 112 cm³/mol. The summed E-state index contributed by atoms with van der Waals surface area (Å²) < 4.78 is 13.1. The van der Waals surface area contributed by atoms with Crippen LogP contribution >= 0.6 is 0 Å². The van der Waals surface area contributed by atoms with Crippen molar-refractivity contribution in [2.24, 2.45) is 0 Å². The van der Waals surface area contributed by atoms with E-state index in [1.54, 1.807) is 0 Å². The first kappa shape index (κ1) is 23.7. The van der Waals surface area contributed by atoms with Crippen molar-refractivity contribution in [3.8, 4) is 12.3 Å². The molecule has 0 radical (unpaired) electrons. The molecule has 2 nitrogen and oxygen atoms in total. The summed E-state index contributed by atoms with van der Waals surface area (Å²) in [6, 6.07) is 0. The van der Waals surface area contributed by atoms with Gasteiger partial charge in [0.05, 0.1) is 12.2 Å². The van der Waals surface area contributed by atoms with E-state index in [4.69, 9.17) is 15.3 Å². The summed E-state index contributed by atoms with van der Waals surface area (Å²) in [7, 11) is -3.70. The van der Waals surface area contributed by atoms with E-state index in [0.717, 1.165) is 6.42 Å². The minimum absolute atomic E-state index is 0.00555. The van der Waals surface area contributed by atoms with Crippen LogP contribution in [-0.2, 0) is 8.85 Å². The van der Waals surface area contributed by atoms with Gasteiger partial charge in [0.25, 0.3) is 0 Å². The van der Waals surface area contributed by atoms with Crippen LogP contribution in [-0.4, -0.2) is 28.8 Å². The third kappa shape index (κ3) is 6.88. The van der Waals surface area contributed by atoms with Crippen molar-refractivity contribution in [2.75, 3.05) is 0 Å². The highest BCUT2D eigenvalue weighted by Gasteiger charge is 2.41. The van der Waals surface area contributed by atoms with E-state index in [1.165, 1.54) is 0 Å². The average Bonchev–Trinajstić information content (AvgIpc) is 2.34. The molecule has 0 N–H and O–H groups in total. The summed E-state index contributed by atoms with van der Waals surface area (Å²) in [6.07, 6.45) is 8.95. The molecule has 0 saturated carbocycles. The van der Waals surface area contributed by atoms with Crippen molar-refractivity contribution in [3.05, 3.63) is 12.7 Å². The fourth-order valence-electron chi connectivity index (χ4n) is 1.90. The summed E-state index contributed by atoms with van der Waals surface area (Å²) in [5.74, 6) is 2.78. The molecular weight excluding hydrogens is 328 g/mol. The zero-order valence-corrected chi connectivity index (χ0v) is 19.7. The number of hydrogen-bond acceptors (Lipinski definition) is 2. The Morgan fingerprint density at radius 1 is 0.958 bits per heavy atom. The Morgan fingerprint density at radius 3 is 1.71 bits per heavy atom. The molecule has 0 aliphatic rings. The highest BCUT2D eigenvalue weighted by atomic mass is 28.4. The molecule has 0 saturated heterocycles. The largest absolute Gasteiger partial charge is 0.413 e. The van der Waals surface area contributed by atoms with Crippen molar-refractivity contribution in [3.63, 3.8) is 0 Å². The van der Waals surface area contributed by atoms with E-state index < -0.39 is 16.6 Å². The van der Waals surface area contributed by atoms with Gasteiger partial charge >= 0.3 is 0 Å². The number of terminal acetylenes is 1. The Balaban J connectivity index is 5.16. The Kier molecular flexibility index (Phi) is 8.24. The molecule has 0 rings (SSSR count). The monoisotopic (exact) mass is 368 g/mol. The highest BCUT2D eigenvalue weighted by molar-refractivity contribution is 6.74. The first-order chi connectivity index (χ1) is 10.6. The quantitative estimate of drug-likeness (QED) is 0.282. The van der Waals surface area contributed by atoms with Gasteiger partial charge in [0.1, 0.15) is 0 Å². The molecule has 0 aliphatic carbocycles. The Bertz CT molecular complexity index is 448. The molecule has 1 unspecified atom stereocenters. The minimum Gasteiger partial charge on any atom is -0.413 e. The minimum atomic E-state index is -1.85. The Morgan fingerprint density at radius 2 is 1.38 bits per heavy atom. The van der Waals surface area contributed by atoms with E-state index in [0.29, 0.717) is 6.42 Å². The second kappa shape index (κ2) is 8.36. The van der Waals surface area contributed by atoms with Gasteiger partial charge in [-0.1, -0.05) is 47.6 Å². The molecule has 0 aromatic rings. The van der Waals surface area contributed by atoms with E-state index in [-0.39, 0.29) is 22.3 Å². The fourth-order valence-corrected chi connectivity index (χ4v) is 4.57. The molecule has 2 atom stereocenters. The molecular formula is C20H40O2Si2. The molecule has 0 bridgehead atoms. The standard InChI is InChI=1S/C20H40O2Si2/c1-13-15-18(22-24(11,12)20(6,7)8)16-17(14-2)21-23(9,10)19(3,4)5/h1,14,17-18H,2,15-16H2,3-12H3/t17-,18?/m1/s1. The van der Waals surface area contributed by atoms with Gasteiger partial charge in [-0.2, -0.15) is 0 Å². The van der Waals surface area contributed by atoms with Crippen LogP contribution in [0.3, 0.4) is 0 Å².